The Morgan fingerprint density at radius 2 is 2.13 bits per heavy atom. The Kier molecular flexibility index (Phi) is 6.87. The summed E-state index contributed by atoms with van der Waals surface area (Å²) in [6, 6.07) is 7.80. The molecule has 0 aliphatic rings. The Balaban J connectivity index is 0.00000196. The van der Waals surface area contributed by atoms with Crippen LogP contribution in [0.4, 0.5) is 0 Å². The first-order valence-electron chi connectivity index (χ1n) is 4.57. The van der Waals surface area contributed by atoms with Crippen molar-refractivity contribution in [1.82, 2.24) is 0 Å². The van der Waals surface area contributed by atoms with Crippen LogP contribution in [-0.4, -0.2) is 12.1 Å². The predicted octanol–water partition coefficient (Wildman–Crippen LogP) is 1.85. The molecule has 0 amide bonds. The molecule has 0 fully saturated rings. The maximum atomic E-state index is 11.0. The topological polar surface area (TPSA) is 34.1 Å². The van der Waals surface area contributed by atoms with E-state index in [1.54, 1.807) is 6.29 Å². The molecule has 74 valence electrons. The van der Waals surface area contributed by atoms with E-state index in [2.05, 4.69) is 0 Å². The molecule has 1 unspecified atom stereocenters. The largest absolute Gasteiger partial charge is 3.00 e. The first-order valence-corrected chi connectivity index (χ1v) is 4.57. The maximum Gasteiger partial charge on any atom is 3.00 e. The van der Waals surface area contributed by atoms with Crippen molar-refractivity contribution in [2.45, 2.75) is 20.3 Å². The van der Waals surface area contributed by atoms with Crippen LogP contribution in [0.5, 0.6) is 0 Å². The van der Waals surface area contributed by atoms with Crippen LogP contribution >= 0.6 is 0 Å². The molecule has 2 nitrogen and oxygen atoms in total. The minimum absolute atomic E-state index is 0. The number of rotatable bonds is 4. The Morgan fingerprint density at radius 3 is 2.60 bits per heavy atom. The van der Waals surface area contributed by atoms with Crippen LogP contribution in [0.25, 0.3) is 0 Å². The van der Waals surface area contributed by atoms with Crippen molar-refractivity contribution in [3.63, 3.8) is 0 Å². The molecule has 1 rings (SSSR count). The Labute approximate surface area is 115 Å². The van der Waals surface area contributed by atoms with Crippen molar-refractivity contribution in [2.75, 3.05) is 0 Å². The van der Waals surface area contributed by atoms with Crippen LogP contribution in [0.15, 0.2) is 24.3 Å². The molecule has 0 bridgehead atoms. The number of hydrogen-bond acceptors (Lipinski definition) is 2. The zero-order valence-electron chi connectivity index (χ0n) is 8.99. The van der Waals surface area contributed by atoms with Gasteiger partial charge in [-0.2, -0.15) is 0 Å². The predicted molar refractivity (Wildman–Crippen MR) is 54.7 cm³/mol. The van der Waals surface area contributed by atoms with Gasteiger partial charge in [0.2, 0.25) is 0 Å². The van der Waals surface area contributed by atoms with Crippen molar-refractivity contribution >= 4 is 12.1 Å². The Bertz CT molecular complexity index is 347. The molecule has 0 radical (unpaired) electrons. The van der Waals surface area contributed by atoms with Crippen LogP contribution in [0.2, 0.25) is 0 Å². The van der Waals surface area contributed by atoms with Crippen LogP contribution in [0, 0.1) is 12.8 Å². The second-order valence-corrected chi connectivity index (χ2v) is 3.47. The molecule has 1 aromatic carbocycles. The Morgan fingerprint density at radius 1 is 1.47 bits per heavy atom. The van der Waals surface area contributed by atoms with E-state index in [9.17, 15) is 9.59 Å². The molecule has 1 aromatic rings. The summed E-state index contributed by atoms with van der Waals surface area (Å²) < 4.78 is 0. The van der Waals surface area contributed by atoms with Gasteiger partial charge in [-0.15, -0.1) is 0 Å². The van der Waals surface area contributed by atoms with Gasteiger partial charge in [-0.1, -0.05) is 35.7 Å². The van der Waals surface area contributed by atoms with Gasteiger partial charge >= 0.3 is 32.7 Å². The van der Waals surface area contributed by atoms with E-state index in [1.807, 2.05) is 31.2 Å². The molecular weight excluding hydrogens is 265 g/mol. The molecule has 1 atom stereocenters. The van der Waals surface area contributed by atoms with Gasteiger partial charge in [0, 0.05) is 0 Å². The molecule has 0 saturated carbocycles. The van der Waals surface area contributed by atoms with Crippen molar-refractivity contribution < 1.29 is 42.3 Å². The summed E-state index contributed by atoms with van der Waals surface area (Å²) in [7, 11) is 0. The van der Waals surface area contributed by atoms with E-state index in [1.165, 1.54) is 6.92 Å². The van der Waals surface area contributed by atoms with Crippen molar-refractivity contribution in [1.29, 1.82) is 0 Å². The number of carbonyl (C=O) groups excluding carboxylic acids is 2. The van der Waals surface area contributed by atoms with Crippen LogP contribution < -0.4 is 0 Å². The molecule has 0 N–H and O–H groups in total. The molecule has 0 spiro atoms. The molecule has 0 heterocycles. The number of ketones is 1. The number of carbonyl (C=O) groups is 1. The van der Waals surface area contributed by atoms with Gasteiger partial charge in [-0.3, -0.25) is 6.29 Å². The van der Waals surface area contributed by atoms with Gasteiger partial charge in [0.1, 0.15) is 5.78 Å². The first-order chi connectivity index (χ1) is 6.63. The number of benzene rings is 1. The normalized spacial score (nSPS) is 11.3. The third kappa shape index (κ3) is 4.81. The summed E-state index contributed by atoms with van der Waals surface area (Å²) in [5.41, 5.74) is 2.14. The Hall–Kier alpha value is -0.336. The van der Waals surface area contributed by atoms with Crippen LogP contribution in [0.1, 0.15) is 18.1 Å². The fourth-order valence-electron chi connectivity index (χ4n) is 1.34. The maximum absolute atomic E-state index is 11.0. The molecular formula is C12H13O2Y+2. The van der Waals surface area contributed by atoms with Gasteiger partial charge in [0.25, 0.3) is 0 Å². The summed E-state index contributed by atoms with van der Waals surface area (Å²) in [5.74, 6) is -0.738. The van der Waals surface area contributed by atoms with Crippen LogP contribution in [0.3, 0.4) is 0 Å². The fourth-order valence-corrected chi connectivity index (χ4v) is 1.34. The molecule has 15 heavy (non-hydrogen) atoms. The zero-order chi connectivity index (χ0) is 10.6. The van der Waals surface area contributed by atoms with Gasteiger partial charge < -0.3 is 9.59 Å². The van der Waals surface area contributed by atoms with Gasteiger partial charge in [0.05, 0.1) is 0 Å². The average Bonchev–Trinajstić information content (AvgIpc) is 2.14. The van der Waals surface area contributed by atoms with E-state index in [-0.39, 0.29) is 38.5 Å². The van der Waals surface area contributed by atoms with Crippen molar-refractivity contribution in [3.05, 3.63) is 35.4 Å². The van der Waals surface area contributed by atoms with E-state index in [0.29, 0.717) is 6.42 Å². The zero-order valence-corrected chi connectivity index (χ0v) is 11.8. The van der Waals surface area contributed by atoms with E-state index >= 15 is 0 Å². The minimum Gasteiger partial charge on any atom is -0.541 e. The molecule has 0 aliphatic heterocycles. The fraction of sp³-hybridized carbons (Fsp3) is 0.333. The quantitative estimate of drug-likeness (QED) is 0.622. The number of aryl methyl sites for hydroxylation is 1. The number of Topliss-reactive ketones (excluding diaryl/α,β-unsaturated/α-hetero) is 1. The third-order valence-electron chi connectivity index (χ3n) is 2.16. The van der Waals surface area contributed by atoms with Gasteiger partial charge in [-0.25, -0.2) is 0 Å². The summed E-state index contributed by atoms with van der Waals surface area (Å²) in [4.78, 5) is 21.5. The number of hydrogen-bond donors (Lipinski definition) is 0. The third-order valence-corrected chi connectivity index (χ3v) is 2.16. The van der Waals surface area contributed by atoms with Gasteiger partial charge in [-0.05, 0) is 25.8 Å². The summed E-state index contributed by atoms with van der Waals surface area (Å²) in [6.07, 6.45) is 2.23. The molecule has 0 aromatic heterocycles. The summed E-state index contributed by atoms with van der Waals surface area (Å²) >= 11 is 0. The summed E-state index contributed by atoms with van der Waals surface area (Å²) in [6.45, 7) is 3.41. The smallest absolute Gasteiger partial charge is 0.541 e. The second-order valence-electron chi connectivity index (χ2n) is 3.47. The van der Waals surface area contributed by atoms with Crippen molar-refractivity contribution in [2.24, 2.45) is 5.92 Å². The monoisotopic (exact) mass is 278 g/mol. The van der Waals surface area contributed by atoms with E-state index in [4.69, 9.17) is 0 Å². The molecule has 3 heteroatoms. The van der Waals surface area contributed by atoms with Crippen molar-refractivity contribution in [3.8, 4) is 0 Å². The SMILES string of the molecule is CC(=O)C([C-]=O)Cc1cccc(C)c1.[Y+3]. The average molecular weight is 278 g/mol. The summed E-state index contributed by atoms with van der Waals surface area (Å²) in [5, 5.41) is 0. The molecule has 0 saturated heterocycles. The first kappa shape index (κ1) is 14.7. The minimum atomic E-state index is -0.614. The van der Waals surface area contributed by atoms with Crippen LogP contribution in [-0.2, 0) is 48.7 Å². The van der Waals surface area contributed by atoms with E-state index < -0.39 is 5.92 Å². The second kappa shape index (κ2) is 7.02. The molecule has 0 aliphatic carbocycles. The standard InChI is InChI=1S/C12H13O2.Y/c1-9-4-3-5-11(6-9)7-12(8-13)10(2)14;/h3-6,12H,7H2,1-2H3;/q-1;+3. The van der Waals surface area contributed by atoms with E-state index in [0.717, 1.165) is 11.1 Å². The van der Waals surface area contributed by atoms with Gasteiger partial charge in [0.15, 0.2) is 0 Å².